The molecule has 0 bridgehead atoms. The van der Waals surface area contributed by atoms with E-state index in [0.717, 1.165) is 11.1 Å². The lowest BCUT2D eigenvalue weighted by atomic mass is 10.0. The van der Waals surface area contributed by atoms with E-state index in [2.05, 4.69) is 10.4 Å². The Morgan fingerprint density at radius 3 is 2.57 bits per heavy atom. The Bertz CT molecular complexity index is 620. The van der Waals surface area contributed by atoms with Crippen molar-refractivity contribution in [1.82, 2.24) is 10.4 Å². The lowest BCUT2D eigenvalue weighted by Gasteiger charge is -2.19. The molecule has 1 heterocycles. The molecule has 0 amide bonds. The molecule has 0 fully saturated rings. The Morgan fingerprint density at radius 1 is 1.19 bits per heavy atom. The number of nitrogens with two attached hydrogens (primary N) is 1. The van der Waals surface area contributed by atoms with Crippen molar-refractivity contribution in [2.24, 2.45) is 5.84 Å². The third-order valence-electron chi connectivity index (χ3n) is 2.88. The molecule has 1 atom stereocenters. The second-order valence-electron chi connectivity index (χ2n) is 4.89. The van der Waals surface area contributed by atoms with Crippen molar-refractivity contribution in [3.63, 3.8) is 0 Å². The first-order valence-corrected chi connectivity index (χ1v) is 7.29. The quantitative estimate of drug-likeness (QED) is 0.649. The third-order valence-corrected chi connectivity index (χ3v) is 3.44. The maximum atomic E-state index is 6.25. The van der Waals surface area contributed by atoms with Crippen LogP contribution in [0.4, 0.5) is 0 Å². The Balaban J connectivity index is 2.37. The fourth-order valence-electron chi connectivity index (χ4n) is 2.03. The van der Waals surface area contributed by atoms with Gasteiger partial charge in [0, 0.05) is 16.2 Å². The van der Waals surface area contributed by atoms with Crippen molar-refractivity contribution in [2.45, 2.75) is 26.0 Å². The Morgan fingerprint density at radius 2 is 1.95 bits per heavy atom. The number of hydrogen-bond donors (Lipinski definition) is 2. The summed E-state index contributed by atoms with van der Waals surface area (Å²) in [7, 11) is 0. The molecule has 0 radical (unpaired) electrons. The van der Waals surface area contributed by atoms with Crippen molar-refractivity contribution in [3.8, 4) is 5.75 Å². The van der Waals surface area contributed by atoms with Gasteiger partial charge in [0.2, 0.25) is 0 Å². The zero-order valence-corrected chi connectivity index (χ0v) is 13.3. The van der Waals surface area contributed by atoms with Gasteiger partial charge in [-0.2, -0.15) is 0 Å². The smallest absolute Gasteiger partial charge is 0.138 e. The molecule has 1 unspecified atom stereocenters. The van der Waals surface area contributed by atoms with Crippen LogP contribution < -0.4 is 16.0 Å². The molecule has 0 aliphatic rings. The van der Waals surface area contributed by atoms with E-state index in [-0.39, 0.29) is 12.1 Å². The highest BCUT2D eigenvalue weighted by Gasteiger charge is 2.17. The van der Waals surface area contributed by atoms with Crippen molar-refractivity contribution < 1.29 is 4.74 Å². The van der Waals surface area contributed by atoms with E-state index in [9.17, 15) is 0 Å². The summed E-state index contributed by atoms with van der Waals surface area (Å²) in [5.41, 5.74) is 4.44. The highest BCUT2D eigenvalue weighted by atomic mass is 35.5. The van der Waals surface area contributed by atoms with E-state index in [1.165, 1.54) is 0 Å². The van der Waals surface area contributed by atoms with Gasteiger partial charge >= 0.3 is 0 Å². The minimum absolute atomic E-state index is 0.0745. The molecule has 1 aromatic heterocycles. The lowest BCUT2D eigenvalue weighted by molar-refractivity contribution is 0.241. The first kappa shape index (κ1) is 16.0. The van der Waals surface area contributed by atoms with E-state index >= 15 is 0 Å². The van der Waals surface area contributed by atoms with Crippen LogP contribution >= 0.6 is 23.2 Å². The standard InChI is InChI=1S/C15H17Cl2N3O/c1-9(2)21-12-5-10(7-19-8-12)15(20-18)13-4-3-11(16)6-14(13)17/h3-9,15,20H,18H2,1-2H3. The van der Waals surface area contributed by atoms with Gasteiger partial charge in [-0.1, -0.05) is 29.3 Å². The molecule has 6 heteroatoms. The van der Waals surface area contributed by atoms with Crippen molar-refractivity contribution in [1.29, 1.82) is 0 Å². The maximum Gasteiger partial charge on any atom is 0.138 e. The minimum Gasteiger partial charge on any atom is -0.489 e. The van der Waals surface area contributed by atoms with Gasteiger partial charge in [0.05, 0.1) is 18.3 Å². The van der Waals surface area contributed by atoms with Gasteiger partial charge in [0.15, 0.2) is 0 Å². The molecule has 0 saturated heterocycles. The number of hydrogen-bond acceptors (Lipinski definition) is 4. The molecule has 112 valence electrons. The number of nitrogens with one attached hydrogen (secondary N) is 1. The zero-order chi connectivity index (χ0) is 15.4. The van der Waals surface area contributed by atoms with Crippen LogP contribution in [0.3, 0.4) is 0 Å². The van der Waals surface area contributed by atoms with Crippen molar-refractivity contribution >= 4 is 23.2 Å². The SMILES string of the molecule is CC(C)Oc1cncc(C(NN)c2ccc(Cl)cc2Cl)c1. The highest BCUT2D eigenvalue weighted by molar-refractivity contribution is 6.35. The lowest BCUT2D eigenvalue weighted by Crippen LogP contribution is -2.29. The molecule has 21 heavy (non-hydrogen) atoms. The second-order valence-corrected chi connectivity index (χ2v) is 5.73. The topological polar surface area (TPSA) is 60.2 Å². The number of nitrogens with zero attached hydrogens (tertiary/aromatic N) is 1. The summed E-state index contributed by atoms with van der Waals surface area (Å²) in [5.74, 6) is 6.37. The fraction of sp³-hybridized carbons (Fsp3) is 0.267. The molecule has 3 N–H and O–H groups in total. The molecule has 1 aromatic carbocycles. The van der Waals surface area contributed by atoms with Gasteiger partial charge in [0.1, 0.15) is 5.75 Å². The van der Waals surface area contributed by atoms with E-state index in [4.69, 9.17) is 33.8 Å². The molecule has 0 aliphatic heterocycles. The van der Waals surface area contributed by atoms with Crippen LogP contribution in [0.2, 0.25) is 10.0 Å². The first-order chi connectivity index (χ1) is 10.0. The van der Waals surface area contributed by atoms with E-state index in [0.29, 0.717) is 15.8 Å². The summed E-state index contributed by atoms with van der Waals surface area (Å²) < 4.78 is 5.65. The molecule has 2 rings (SSSR count). The van der Waals surface area contributed by atoms with Gasteiger partial charge in [0.25, 0.3) is 0 Å². The van der Waals surface area contributed by atoms with Crippen molar-refractivity contribution in [2.75, 3.05) is 0 Å². The molecule has 0 aliphatic carbocycles. The summed E-state index contributed by atoms with van der Waals surface area (Å²) in [6.07, 6.45) is 3.47. The predicted octanol–water partition coefficient (Wildman–Crippen LogP) is 3.73. The maximum absolute atomic E-state index is 6.25. The van der Waals surface area contributed by atoms with Crippen molar-refractivity contribution in [3.05, 3.63) is 57.8 Å². The monoisotopic (exact) mass is 325 g/mol. The summed E-state index contributed by atoms with van der Waals surface area (Å²) in [6, 6.07) is 6.89. The van der Waals surface area contributed by atoms with Crippen LogP contribution in [-0.4, -0.2) is 11.1 Å². The largest absolute Gasteiger partial charge is 0.489 e. The second kappa shape index (κ2) is 7.09. The summed E-state index contributed by atoms with van der Waals surface area (Å²) >= 11 is 12.2. The fourth-order valence-corrected chi connectivity index (χ4v) is 2.55. The first-order valence-electron chi connectivity index (χ1n) is 6.54. The van der Waals surface area contributed by atoms with Gasteiger partial charge in [-0.25, -0.2) is 5.43 Å². The molecule has 0 saturated carbocycles. The van der Waals surface area contributed by atoms with E-state index < -0.39 is 0 Å². The number of halogens is 2. The highest BCUT2D eigenvalue weighted by Crippen LogP contribution is 2.31. The number of benzene rings is 1. The molecule has 2 aromatic rings. The summed E-state index contributed by atoms with van der Waals surface area (Å²) in [6.45, 7) is 3.92. The van der Waals surface area contributed by atoms with Gasteiger partial charge < -0.3 is 4.74 Å². The Kier molecular flexibility index (Phi) is 5.42. The molecule has 0 spiro atoms. The third kappa shape index (κ3) is 4.08. The zero-order valence-electron chi connectivity index (χ0n) is 11.8. The molecule has 4 nitrogen and oxygen atoms in total. The average Bonchev–Trinajstić information content (AvgIpc) is 2.41. The summed E-state index contributed by atoms with van der Waals surface area (Å²) in [4.78, 5) is 4.19. The van der Waals surface area contributed by atoms with Crippen LogP contribution in [0.1, 0.15) is 31.0 Å². The average molecular weight is 326 g/mol. The van der Waals surface area contributed by atoms with Gasteiger partial charge in [-0.15, -0.1) is 0 Å². The van der Waals surface area contributed by atoms with Gasteiger partial charge in [-0.05, 0) is 43.2 Å². The number of aromatic nitrogens is 1. The van der Waals surface area contributed by atoms with E-state index in [1.807, 2.05) is 26.0 Å². The number of hydrazine groups is 1. The van der Waals surface area contributed by atoms with Crippen LogP contribution in [0.25, 0.3) is 0 Å². The van der Waals surface area contributed by atoms with Crippen LogP contribution in [0.15, 0.2) is 36.7 Å². The van der Waals surface area contributed by atoms with Gasteiger partial charge in [-0.3, -0.25) is 10.8 Å². The van der Waals surface area contributed by atoms with Crippen LogP contribution in [0.5, 0.6) is 5.75 Å². The number of ether oxygens (including phenoxy) is 1. The number of rotatable bonds is 5. The van der Waals surface area contributed by atoms with E-state index in [1.54, 1.807) is 24.5 Å². The Hall–Kier alpha value is -1.33. The normalized spacial score (nSPS) is 12.5. The van der Waals surface area contributed by atoms with Crippen LogP contribution in [0, 0.1) is 0 Å². The Labute approximate surface area is 134 Å². The minimum atomic E-state index is -0.294. The van der Waals surface area contributed by atoms with Crippen LogP contribution in [-0.2, 0) is 0 Å². The molecular weight excluding hydrogens is 309 g/mol. The molecular formula is C15H17Cl2N3O. The number of pyridine rings is 1. The predicted molar refractivity (Wildman–Crippen MR) is 85.6 cm³/mol. The summed E-state index contributed by atoms with van der Waals surface area (Å²) in [5, 5.41) is 1.12.